The molecule has 5 heteroatoms. The highest BCUT2D eigenvalue weighted by molar-refractivity contribution is 9.10. The van der Waals surface area contributed by atoms with Gasteiger partial charge in [0.2, 0.25) is 0 Å². The number of carboxylic acids is 1. The van der Waals surface area contributed by atoms with Crippen LogP contribution in [0.4, 0.5) is 5.82 Å². The van der Waals surface area contributed by atoms with Gasteiger partial charge >= 0.3 is 5.97 Å². The molecule has 0 unspecified atom stereocenters. The molecule has 0 saturated heterocycles. The number of hydrogen-bond donors (Lipinski definition) is 2. The summed E-state index contributed by atoms with van der Waals surface area (Å²) in [6.45, 7) is 0.369. The molecule has 2 aromatic rings. The van der Waals surface area contributed by atoms with E-state index < -0.39 is 5.97 Å². The summed E-state index contributed by atoms with van der Waals surface area (Å²) in [7, 11) is 0. The number of nitrogens with one attached hydrogen (secondary N) is 1. The quantitative estimate of drug-likeness (QED) is 0.910. The van der Waals surface area contributed by atoms with E-state index in [9.17, 15) is 4.79 Å². The number of fused-ring (bicyclic) bond motifs is 1. The van der Waals surface area contributed by atoms with Crippen molar-refractivity contribution in [1.29, 1.82) is 0 Å². The zero-order valence-corrected chi connectivity index (χ0v) is 10.6. The SMILES string of the molecule is O=C(O)CCNc1ncc(Br)c2ccccc12. The van der Waals surface area contributed by atoms with E-state index in [-0.39, 0.29) is 6.42 Å². The van der Waals surface area contributed by atoms with Gasteiger partial charge in [0.15, 0.2) is 0 Å². The Kier molecular flexibility index (Phi) is 3.58. The van der Waals surface area contributed by atoms with Crippen molar-refractivity contribution in [3.8, 4) is 0 Å². The first-order valence-electron chi connectivity index (χ1n) is 5.17. The molecule has 0 aliphatic heterocycles. The predicted molar refractivity (Wildman–Crippen MR) is 70.2 cm³/mol. The Bertz CT molecular complexity index is 557. The molecule has 0 radical (unpaired) electrons. The number of hydrogen-bond acceptors (Lipinski definition) is 3. The van der Waals surface area contributed by atoms with Gasteiger partial charge in [-0.2, -0.15) is 0 Å². The van der Waals surface area contributed by atoms with Crippen LogP contribution in [0, 0.1) is 0 Å². The van der Waals surface area contributed by atoms with Gasteiger partial charge in [-0.15, -0.1) is 0 Å². The minimum atomic E-state index is -0.820. The maximum atomic E-state index is 10.4. The lowest BCUT2D eigenvalue weighted by atomic mass is 10.1. The lowest BCUT2D eigenvalue weighted by Gasteiger charge is -2.08. The molecule has 0 spiro atoms. The molecule has 2 N–H and O–H groups in total. The van der Waals surface area contributed by atoms with Crippen LogP contribution in [-0.2, 0) is 4.79 Å². The standard InChI is InChI=1S/C12H11BrN2O2/c13-10-7-15-12(14-6-5-11(16)17)9-4-2-1-3-8(9)10/h1-4,7H,5-6H2,(H,14,15)(H,16,17). The molecular weight excluding hydrogens is 284 g/mol. The smallest absolute Gasteiger partial charge is 0.305 e. The second-order valence-corrected chi connectivity index (χ2v) is 4.43. The molecule has 0 saturated carbocycles. The van der Waals surface area contributed by atoms with Crippen LogP contribution in [0.2, 0.25) is 0 Å². The number of benzene rings is 1. The summed E-state index contributed by atoms with van der Waals surface area (Å²) in [5, 5.41) is 13.6. The minimum Gasteiger partial charge on any atom is -0.481 e. The molecular formula is C12H11BrN2O2. The van der Waals surface area contributed by atoms with Crippen molar-refractivity contribution in [2.75, 3.05) is 11.9 Å². The fourth-order valence-electron chi connectivity index (χ4n) is 1.59. The van der Waals surface area contributed by atoms with Gasteiger partial charge < -0.3 is 10.4 Å². The molecule has 0 atom stereocenters. The molecule has 2 rings (SSSR count). The second kappa shape index (κ2) is 5.14. The van der Waals surface area contributed by atoms with E-state index in [1.807, 2.05) is 24.3 Å². The third kappa shape index (κ3) is 2.74. The maximum Gasteiger partial charge on any atom is 0.305 e. The van der Waals surface area contributed by atoms with E-state index >= 15 is 0 Å². The van der Waals surface area contributed by atoms with Crippen LogP contribution in [0.1, 0.15) is 6.42 Å². The van der Waals surface area contributed by atoms with Crippen molar-refractivity contribution in [2.24, 2.45) is 0 Å². The molecule has 1 aromatic carbocycles. The Morgan fingerprint density at radius 1 is 1.35 bits per heavy atom. The molecule has 4 nitrogen and oxygen atoms in total. The van der Waals surface area contributed by atoms with Crippen LogP contribution in [0.15, 0.2) is 34.9 Å². The summed E-state index contributed by atoms with van der Waals surface area (Å²) in [6.07, 6.45) is 1.79. The monoisotopic (exact) mass is 294 g/mol. The van der Waals surface area contributed by atoms with E-state index in [0.29, 0.717) is 12.4 Å². The summed E-state index contributed by atoms with van der Waals surface area (Å²) in [6, 6.07) is 7.83. The van der Waals surface area contributed by atoms with Crippen LogP contribution in [-0.4, -0.2) is 22.6 Å². The van der Waals surface area contributed by atoms with Crippen molar-refractivity contribution in [3.05, 3.63) is 34.9 Å². The van der Waals surface area contributed by atoms with Crippen molar-refractivity contribution in [3.63, 3.8) is 0 Å². The van der Waals surface area contributed by atoms with Gasteiger partial charge in [-0.05, 0) is 15.9 Å². The summed E-state index contributed by atoms with van der Waals surface area (Å²) in [4.78, 5) is 14.7. The topological polar surface area (TPSA) is 62.2 Å². The van der Waals surface area contributed by atoms with Crippen molar-refractivity contribution < 1.29 is 9.90 Å². The minimum absolute atomic E-state index is 0.0755. The van der Waals surface area contributed by atoms with Gasteiger partial charge in [0.1, 0.15) is 5.82 Å². The number of halogens is 1. The molecule has 0 fully saturated rings. The lowest BCUT2D eigenvalue weighted by molar-refractivity contribution is -0.136. The first-order valence-corrected chi connectivity index (χ1v) is 5.96. The van der Waals surface area contributed by atoms with Crippen molar-refractivity contribution >= 4 is 38.5 Å². The number of anilines is 1. The average Bonchev–Trinajstić information content (AvgIpc) is 2.32. The van der Waals surface area contributed by atoms with Crippen LogP contribution < -0.4 is 5.32 Å². The summed E-state index contributed by atoms with van der Waals surface area (Å²) in [5.74, 6) is -0.107. The third-order valence-electron chi connectivity index (χ3n) is 2.38. The van der Waals surface area contributed by atoms with E-state index in [2.05, 4.69) is 26.2 Å². The zero-order chi connectivity index (χ0) is 12.3. The second-order valence-electron chi connectivity index (χ2n) is 3.57. The highest BCUT2D eigenvalue weighted by atomic mass is 79.9. The number of carbonyl (C=O) groups is 1. The summed E-state index contributed by atoms with van der Waals surface area (Å²) >= 11 is 3.44. The highest BCUT2D eigenvalue weighted by Crippen LogP contribution is 2.27. The first kappa shape index (κ1) is 11.9. The largest absolute Gasteiger partial charge is 0.481 e. The molecule has 88 valence electrons. The summed E-state index contributed by atoms with van der Waals surface area (Å²) in [5.41, 5.74) is 0. The van der Waals surface area contributed by atoms with Gasteiger partial charge in [0.25, 0.3) is 0 Å². The molecule has 0 aliphatic rings. The van der Waals surface area contributed by atoms with Gasteiger partial charge in [-0.25, -0.2) is 4.98 Å². The van der Waals surface area contributed by atoms with Gasteiger partial charge in [0, 0.05) is 28.0 Å². The zero-order valence-electron chi connectivity index (χ0n) is 8.98. The molecule has 0 aliphatic carbocycles. The Labute approximate surface area is 107 Å². The molecule has 17 heavy (non-hydrogen) atoms. The third-order valence-corrected chi connectivity index (χ3v) is 3.01. The van der Waals surface area contributed by atoms with Crippen LogP contribution >= 0.6 is 15.9 Å². The number of carboxylic acid groups (broad SMARTS) is 1. The first-order chi connectivity index (χ1) is 8.18. The van der Waals surface area contributed by atoms with E-state index in [1.165, 1.54) is 0 Å². The van der Waals surface area contributed by atoms with E-state index in [0.717, 1.165) is 15.2 Å². The Morgan fingerprint density at radius 2 is 2.06 bits per heavy atom. The molecule has 0 bridgehead atoms. The predicted octanol–water partition coefficient (Wildman–Crippen LogP) is 2.88. The molecule has 0 amide bonds. The highest BCUT2D eigenvalue weighted by Gasteiger charge is 2.05. The number of aromatic nitrogens is 1. The van der Waals surface area contributed by atoms with E-state index in [1.54, 1.807) is 6.20 Å². The van der Waals surface area contributed by atoms with Gasteiger partial charge in [-0.3, -0.25) is 4.79 Å². The molecule has 1 heterocycles. The van der Waals surface area contributed by atoms with E-state index in [4.69, 9.17) is 5.11 Å². The number of pyridine rings is 1. The van der Waals surface area contributed by atoms with Gasteiger partial charge in [-0.1, -0.05) is 24.3 Å². The maximum absolute atomic E-state index is 10.4. The number of nitrogens with zero attached hydrogens (tertiary/aromatic N) is 1. The van der Waals surface area contributed by atoms with Crippen molar-refractivity contribution in [1.82, 2.24) is 4.98 Å². The summed E-state index contributed by atoms with van der Waals surface area (Å²) < 4.78 is 0.928. The van der Waals surface area contributed by atoms with Crippen LogP contribution in [0.25, 0.3) is 10.8 Å². The Hall–Kier alpha value is -1.62. The lowest BCUT2D eigenvalue weighted by Crippen LogP contribution is -2.08. The fraction of sp³-hybridized carbons (Fsp3) is 0.167. The van der Waals surface area contributed by atoms with Crippen LogP contribution in [0.5, 0.6) is 0 Å². The van der Waals surface area contributed by atoms with Gasteiger partial charge in [0.05, 0.1) is 6.42 Å². The normalized spacial score (nSPS) is 10.4. The van der Waals surface area contributed by atoms with Crippen molar-refractivity contribution in [2.45, 2.75) is 6.42 Å². The molecule has 1 aromatic heterocycles. The number of rotatable bonds is 4. The number of aliphatic carboxylic acids is 1. The Balaban J connectivity index is 2.28. The van der Waals surface area contributed by atoms with Crippen LogP contribution in [0.3, 0.4) is 0 Å². The fourth-order valence-corrected chi connectivity index (χ4v) is 2.04. The average molecular weight is 295 g/mol. The Morgan fingerprint density at radius 3 is 2.76 bits per heavy atom.